The topological polar surface area (TPSA) is 84.0 Å². The maximum atomic E-state index is 9.98. The van der Waals surface area contributed by atoms with Gasteiger partial charge in [0.25, 0.3) is 0 Å². The Morgan fingerprint density at radius 1 is 1.36 bits per heavy atom. The minimum atomic E-state index is -0.613. The first-order valence-corrected chi connectivity index (χ1v) is 7.92. The summed E-state index contributed by atoms with van der Waals surface area (Å²) in [5.74, 6) is 1.11. The van der Waals surface area contributed by atoms with Gasteiger partial charge in [0.1, 0.15) is 18.7 Å². The van der Waals surface area contributed by atoms with Gasteiger partial charge in [0, 0.05) is 11.8 Å². The molecular formula is C15H18N4O2S. The lowest BCUT2D eigenvalue weighted by Gasteiger charge is -2.13. The molecule has 1 heterocycles. The molecule has 0 amide bonds. The van der Waals surface area contributed by atoms with Gasteiger partial charge in [-0.3, -0.25) is 0 Å². The third-order valence-corrected chi connectivity index (χ3v) is 4.03. The fourth-order valence-corrected chi connectivity index (χ4v) is 2.68. The number of thioether (sulfide) groups is 1. The number of nitrogens with zero attached hydrogens (tertiary/aromatic N) is 4. The molecule has 1 N–H and O–H groups in total. The van der Waals surface area contributed by atoms with Gasteiger partial charge in [-0.25, -0.2) is 0 Å². The van der Waals surface area contributed by atoms with Crippen LogP contribution >= 0.6 is 11.8 Å². The zero-order valence-electron chi connectivity index (χ0n) is 12.5. The number of aromatic nitrogens is 3. The zero-order chi connectivity index (χ0) is 15.9. The van der Waals surface area contributed by atoms with Crippen molar-refractivity contribution in [2.24, 2.45) is 0 Å². The summed E-state index contributed by atoms with van der Waals surface area (Å²) in [5, 5.41) is 27.4. The van der Waals surface area contributed by atoms with Crippen LogP contribution < -0.4 is 4.74 Å². The van der Waals surface area contributed by atoms with E-state index in [1.54, 1.807) is 30.6 Å². The molecular weight excluding hydrogens is 300 g/mol. The molecule has 0 bridgehead atoms. The lowest BCUT2D eigenvalue weighted by atomic mass is 10.2. The molecule has 1 aromatic carbocycles. The molecule has 0 aliphatic rings. The van der Waals surface area contributed by atoms with E-state index in [4.69, 9.17) is 10.00 Å². The van der Waals surface area contributed by atoms with Gasteiger partial charge >= 0.3 is 0 Å². The van der Waals surface area contributed by atoms with Crippen molar-refractivity contribution in [3.63, 3.8) is 0 Å². The Kier molecular flexibility index (Phi) is 5.81. The summed E-state index contributed by atoms with van der Waals surface area (Å²) in [6.45, 7) is 4.30. The Morgan fingerprint density at radius 3 is 2.73 bits per heavy atom. The summed E-state index contributed by atoms with van der Waals surface area (Å²) in [6.07, 6.45) is 1.07. The molecule has 0 fully saturated rings. The van der Waals surface area contributed by atoms with Gasteiger partial charge in [0.05, 0.1) is 17.7 Å². The second kappa shape index (κ2) is 7.82. The smallest absolute Gasteiger partial charge is 0.191 e. The Morgan fingerprint density at radius 2 is 2.09 bits per heavy atom. The van der Waals surface area contributed by atoms with Crippen molar-refractivity contribution in [3.05, 3.63) is 36.2 Å². The van der Waals surface area contributed by atoms with Gasteiger partial charge in [-0.2, -0.15) is 5.26 Å². The van der Waals surface area contributed by atoms with E-state index < -0.39 is 6.10 Å². The van der Waals surface area contributed by atoms with Gasteiger partial charge in [-0.05, 0) is 38.1 Å². The molecule has 0 aliphatic heterocycles. The quantitative estimate of drug-likeness (QED) is 0.788. The summed E-state index contributed by atoms with van der Waals surface area (Å²) in [7, 11) is 0. The predicted molar refractivity (Wildman–Crippen MR) is 83.8 cm³/mol. The maximum absolute atomic E-state index is 9.98. The van der Waals surface area contributed by atoms with E-state index in [2.05, 4.69) is 24.0 Å². The number of ether oxygens (including phenoxy) is 1. The predicted octanol–water partition coefficient (Wildman–Crippen LogP) is 2.26. The number of rotatable bonds is 7. The monoisotopic (exact) mass is 318 g/mol. The highest BCUT2D eigenvalue weighted by atomic mass is 32.2. The van der Waals surface area contributed by atoms with E-state index >= 15 is 0 Å². The van der Waals surface area contributed by atoms with Gasteiger partial charge in [-0.1, -0.05) is 11.8 Å². The molecule has 2 aromatic rings. The molecule has 1 atom stereocenters. The van der Waals surface area contributed by atoms with Crippen LogP contribution in [0.15, 0.2) is 35.7 Å². The molecule has 2 rings (SSSR count). The summed E-state index contributed by atoms with van der Waals surface area (Å²) in [5.41, 5.74) is 0.580. The lowest BCUT2D eigenvalue weighted by molar-refractivity contribution is 0.126. The van der Waals surface area contributed by atoms with Crippen LogP contribution in [0.25, 0.3) is 0 Å². The van der Waals surface area contributed by atoms with Crippen molar-refractivity contribution in [2.45, 2.75) is 31.1 Å². The molecule has 22 heavy (non-hydrogen) atoms. The summed E-state index contributed by atoms with van der Waals surface area (Å²) in [4.78, 5) is 0. The average molecular weight is 318 g/mol. The number of benzene rings is 1. The van der Waals surface area contributed by atoms with E-state index in [9.17, 15) is 5.11 Å². The third-order valence-electron chi connectivity index (χ3n) is 2.93. The lowest BCUT2D eigenvalue weighted by Crippen LogP contribution is -2.20. The molecule has 0 saturated carbocycles. The average Bonchev–Trinajstić information content (AvgIpc) is 3.00. The molecule has 7 heteroatoms. The van der Waals surface area contributed by atoms with Crippen molar-refractivity contribution in [2.75, 3.05) is 12.4 Å². The van der Waals surface area contributed by atoms with E-state index in [1.165, 1.54) is 11.8 Å². The molecule has 0 spiro atoms. The standard InChI is InChI=1S/C15H18N4O2S/c1-11(2)19-10-17-18-15(19)22-9-13(20)8-21-14-5-3-12(7-16)4-6-14/h3-6,10-11,13,20H,8-9H2,1-2H3. The van der Waals surface area contributed by atoms with Crippen LogP contribution in [0, 0.1) is 11.3 Å². The Labute approximate surface area is 133 Å². The number of hydrogen-bond acceptors (Lipinski definition) is 6. The highest BCUT2D eigenvalue weighted by Gasteiger charge is 2.12. The van der Waals surface area contributed by atoms with Crippen molar-refractivity contribution in [1.82, 2.24) is 14.8 Å². The van der Waals surface area contributed by atoms with Gasteiger partial charge in [0.2, 0.25) is 0 Å². The van der Waals surface area contributed by atoms with Crippen LogP contribution in [-0.2, 0) is 0 Å². The van der Waals surface area contributed by atoms with Crippen molar-refractivity contribution >= 4 is 11.8 Å². The minimum absolute atomic E-state index is 0.189. The van der Waals surface area contributed by atoms with Crippen LogP contribution in [0.1, 0.15) is 25.5 Å². The van der Waals surface area contributed by atoms with Crippen molar-refractivity contribution < 1.29 is 9.84 Å². The number of aliphatic hydroxyl groups excluding tert-OH is 1. The molecule has 0 aliphatic carbocycles. The third kappa shape index (κ3) is 4.48. The molecule has 0 radical (unpaired) electrons. The Hall–Kier alpha value is -2.04. The second-order valence-electron chi connectivity index (χ2n) is 5.03. The highest BCUT2D eigenvalue weighted by Crippen LogP contribution is 2.20. The van der Waals surface area contributed by atoms with Gasteiger partial charge in [0.15, 0.2) is 5.16 Å². The Bertz CT molecular complexity index is 634. The zero-order valence-corrected chi connectivity index (χ0v) is 13.3. The van der Waals surface area contributed by atoms with Gasteiger partial charge < -0.3 is 14.4 Å². The van der Waals surface area contributed by atoms with E-state index in [0.29, 0.717) is 17.1 Å². The first-order chi connectivity index (χ1) is 10.6. The largest absolute Gasteiger partial charge is 0.491 e. The summed E-state index contributed by atoms with van der Waals surface area (Å²) in [6, 6.07) is 9.12. The summed E-state index contributed by atoms with van der Waals surface area (Å²) < 4.78 is 7.46. The normalized spacial score (nSPS) is 12.1. The van der Waals surface area contributed by atoms with Crippen LogP contribution in [0.5, 0.6) is 5.75 Å². The maximum Gasteiger partial charge on any atom is 0.191 e. The van der Waals surface area contributed by atoms with Crippen molar-refractivity contribution in [3.8, 4) is 11.8 Å². The van der Waals surface area contributed by atoms with E-state index in [0.717, 1.165) is 5.16 Å². The summed E-state index contributed by atoms with van der Waals surface area (Å²) >= 11 is 1.45. The molecule has 116 valence electrons. The first-order valence-electron chi connectivity index (χ1n) is 6.93. The minimum Gasteiger partial charge on any atom is -0.491 e. The van der Waals surface area contributed by atoms with Crippen molar-refractivity contribution in [1.29, 1.82) is 5.26 Å². The number of aliphatic hydroxyl groups is 1. The van der Waals surface area contributed by atoms with E-state index in [-0.39, 0.29) is 12.6 Å². The van der Waals surface area contributed by atoms with Crippen LogP contribution in [0.3, 0.4) is 0 Å². The second-order valence-corrected chi connectivity index (χ2v) is 6.01. The number of nitriles is 1. The van der Waals surface area contributed by atoms with Crippen LogP contribution in [0.2, 0.25) is 0 Å². The molecule has 1 unspecified atom stereocenters. The van der Waals surface area contributed by atoms with Crippen LogP contribution in [0.4, 0.5) is 0 Å². The number of hydrogen-bond donors (Lipinski definition) is 1. The van der Waals surface area contributed by atoms with Crippen LogP contribution in [-0.4, -0.2) is 38.3 Å². The Balaban J connectivity index is 1.79. The molecule has 6 nitrogen and oxygen atoms in total. The molecule has 1 aromatic heterocycles. The van der Waals surface area contributed by atoms with E-state index in [1.807, 2.05) is 10.6 Å². The molecule has 0 saturated heterocycles. The SMILES string of the molecule is CC(C)n1cnnc1SCC(O)COc1ccc(C#N)cc1. The fourth-order valence-electron chi connectivity index (χ4n) is 1.73. The van der Waals surface area contributed by atoms with Gasteiger partial charge in [-0.15, -0.1) is 10.2 Å². The first kappa shape index (κ1) is 16.3. The fraction of sp³-hybridized carbons (Fsp3) is 0.400. The highest BCUT2D eigenvalue weighted by molar-refractivity contribution is 7.99.